The number of imide groups is 1. The molecule has 0 bridgehead atoms. The second-order valence-corrected chi connectivity index (χ2v) is 3.89. The molecule has 0 aromatic heterocycles. The minimum Gasteiger partial charge on any atom is -0.396 e. The number of aliphatic hydroxyl groups excluding tert-OH is 1. The Balaban J connectivity index is 2.29. The quantitative estimate of drug-likeness (QED) is 0.594. The Labute approximate surface area is 99.3 Å². The van der Waals surface area contributed by atoms with E-state index in [1.165, 1.54) is 12.2 Å². The van der Waals surface area contributed by atoms with Crippen LogP contribution in [0.3, 0.4) is 0 Å². The number of carbonyl (C=O) groups is 3. The third-order valence-corrected chi connectivity index (χ3v) is 2.43. The molecule has 1 atom stereocenters. The van der Waals surface area contributed by atoms with Gasteiger partial charge >= 0.3 is 0 Å². The Morgan fingerprint density at radius 3 is 2.53 bits per heavy atom. The van der Waals surface area contributed by atoms with Crippen molar-refractivity contribution in [2.24, 2.45) is 0 Å². The molecule has 1 aliphatic heterocycles. The van der Waals surface area contributed by atoms with Crippen molar-refractivity contribution in [2.75, 3.05) is 13.2 Å². The number of hydrogen-bond acceptors (Lipinski definition) is 4. The van der Waals surface area contributed by atoms with Gasteiger partial charge in [-0.05, 0) is 13.3 Å². The topological polar surface area (TPSA) is 86.7 Å². The summed E-state index contributed by atoms with van der Waals surface area (Å²) in [5.41, 5.74) is 0. The van der Waals surface area contributed by atoms with Gasteiger partial charge in [0.05, 0.1) is 0 Å². The Morgan fingerprint density at radius 1 is 1.41 bits per heavy atom. The fourth-order valence-corrected chi connectivity index (χ4v) is 1.48. The second kappa shape index (κ2) is 6.15. The Morgan fingerprint density at radius 2 is 2.00 bits per heavy atom. The number of nitrogens with one attached hydrogen (secondary N) is 1. The van der Waals surface area contributed by atoms with Crippen LogP contribution in [0.4, 0.5) is 0 Å². The third-order valence-electron chi connectivity index (χ3n) is 2.43. The van der Waals surface area contributed by atoms with E-state index in [2.05, 4.69) is 5.32 Å². The summed E-state index contributed by atoms with van der Waals surface area (Å²) in [4.78, 5) is 34.8. The molecule has 1 aliphatic rings. The normalized spacial score (nSPS) is 16.5. The van der Waals surface area contributed by atoms with Gasteiger partial charge in [-0.2, -0.15) is 0 Å². The van der Waals surface area contributed by atoms with E-state index >= 15 is 0 Å². The predicted molar refractivity (Wildman–Crippen MR) is 59.8 cm³/mol. The molecule has 1 unspecified atom stereocenters. The zero-order valence-electron chi connectivity index (χ0n) is 9.68. The lowest BCUT2D eigenvalue weighted by Gasteiger charge is -2.15. The number of aliphatic hydroxyl groups is 1. The Hall–Kier alpha value is -1.69. The lowest BCUT2D eigenvalue weighted by Crippen LogP contribution is -2.37. The second-order valence-electron chi connectivity index (χ2n) is 3.89. The van der Waals surface area contributed by atoms with E-state index < -0.39 is 0 Å². The van der Waals surface area contributed by atoms with Gasteiger partial charge in [0.1, 0.15) is 0 Å². The SMILES string of the molecule is CC(CCO)NC(=O)CCN1C(=O)C=CC1=O. The van der Waals surface area contributed by atoms with Crippen molar-refractivity contribution in [3.8, 4) is 0 Å². The van der Waals surface area contributed by atoms with Crippen LogP contribution in [0.2, 0.25) is 0 Å². The minimum absolute atomic E-state index is 0.00840. The Bertz CT molecular complexity index is 333. The zero-order chi connectivity index (χ0) is 12.8. The first-order valence-corrected chi connectivity index (χ1v) is 5.48. The first-order valence-electron chi connectivity index (χ1n) is 5.48. The molecule has 0 saturated heterocycles. The first kappa shape index (κ1) is 13.4. The predicted octanol–water partition coefficient (Wildman–Crippen LogP) is -0.811. The highest BCUT2D eigenvalue weighted by Crippen LogP contribution is 2.04. The lowest BCUT2D eigenvalue weighted by molar-refractivity contribution is -0.137. The molecule has 3 amide bonds. The van der Waals surface area contributed by atoms with Crippen LogP contribution in [0.5, 0.6) is 0 Å². The van der Waals surface area contributed by atoms with E-state index in [1.807, 2.05) is 0 Å². The number of rotatable bonds is 6. The van der Waals surface area contributed by atoms with Gasteiger partial charge in [-0.1, -0.05) is 0 Å². The molecule has 1 rings (SSSR count). The van der Waals surface area contributed by atoms with Gasteiger partial charge in [0, 0.05) is 37.8 Å². The third kappa shape index (κ3) is 3.99. The van der Waals surface area contributed by atoms with Crippen molar-refractivity contribution < 1.29 is 19.5 Å². The first-order chi connectivity index (χ1) is 8.04. The standard InChI is InChI=1S/C11H16N2O4/c1-8(5-7-14)12-9(15)4-6-13-10(16)2-3-11(13)17/h2-3,8,14H,4-7H2,1H3,(H,12,15). The average molecular weight is 240 g/mol. The van der Waals surface area contributed by atoms with Gasteiger partial charge in [0.15, 0.2) is 0 Å². The van der Waals surface area contributed by atoms with E-state index in [9.17, 15) is 14.4 Å². The smallest absolute Gasteiger partial charge is 0.253 e. The van der Waals surface area contributed by atoms with Gasteiger partial charge in [-0.3, -0.25) is 19.3 Å². The molecule has 2 N–H and O–H groups in total. The van der Waals surface area contributed by atoms with E-state index in [1.54, 1.807) is 6.92 Å². The van der Waals surface area contributed by atoms with Crippen LogP contribution in [0.15, 0.2) is 12.2 Å². The van der Waals surface area contributed by atoms with Crippen molar-refractivity contribution in [2.45, 2.75) is 25.8 Å². The fourth-order valence-electron chi connectivity index (χ4n) is 1.48. The molecular weight excluding hydrogens is 224 g/mol. The summed E-state index contributed by atoms with van der Waals surface area (Å²) in [6, 6.07) is -0.115. The van der Waals surface area contributed by atoms with Crippen LogP contribution in [-0.2, 0) is 14.4 Å². The highest BCUT2D eigenvalue weighted by molar-refractivity contribution is 6.13. The van der Waals surface area contributed by atoms with Crippen molar-refractivity contribution in [1.82, 2.24) is 10.2 Å². The maximum atomic E-state index is 11.4. The van der Waals surface area contributed by atoms with Crippen molar-refractivity contribution in [3.05, 3.63) is 12.2 Å². The number of hydrogen-bond donors (Lipinski definition) is 2. The van der Waals surface area contributed by atoms with E-state index in [-0.39, 0.29) is 43.3 Å². The largest absolute Gasteiger partial charge is 0.396 e. The molecule has 0 radical (unpaired) electrons. The maximum absolute atomic E-state index is 11.4. The number of nitrogens with zero attached hydrogens (tertiary/aromatic N) is 1. The summed E-state index contributed by atoms with van der Waals surface area (Å²) in [5, 5.41) is 11.3. The van der Waals surface area contributed by atoms with Gasteiger partial charge < -0.3 is 10.4 Å². The molecule has 0 fully saturated rings. The number of amides is 3. The van der Waals surface area contributed by atoms with Crippen LogP contribution in [0.25, 0.3) is 0 Å². The molecule has 6 heteroatoms. The fraction of sp³-hybridized carbons (Fsp3) is 0.545. The van der Waals surface area contributed by atoms with Crippen LogP contribution in [0.1, 0.15) is 19.8 Å². The van der Waals surface area contributed by atoms with Crippen LogP contribution in [0, 0.1) is 0 Å². The summed E-state index contributed by atoms with van der Waals surface area (Å²) in [5.74, 6) is -1.00. The molecule has 1 heterocycles. The van der Waals surface area contributed by atoms with Gasteiger partial charge in [-0.25, -0.2) is 0 Å². The molecule has 0 saturated carbocycles. The zero-order valence-corrected chi connectivity index (χ0v) is 9.68. The average Bonchev–Trinajstić information content (AvgIpc) is 2.56. The van der Waals surface area contributed by atoms with Crippen molar-refractivity contribution in [3.63, 3.8) is 0 Å². The van der Waals surface area contributed by atoms with E-state index in [0.29, 0.717) is 6.42 Å². The summed E-state index contributed by atoms with van der Waals surface area (Å²) >= 11 is 0. The summed E-state index contributed by atoms with van der Waals surface area (Å²) in [6.45, 7) is 1.87. The monoisotopic (exact) mass is 240 g/mol. The molecule has 6 nitrogen and oxygen atoms in total. The molecule has 0 aromatic carbocycles. The van der Waals surface area contributed by atoms with Crippen molar-refractivity contribution in [1.29, 1.82) is 0 Å². The molecule has 0 spiro atoms. The summed E-state index contributed by atoms with van der Waals surface area (Å²) in [7, 11) is 0. The molecule has 0 aromatic rings. The van der Waals surface area contributed by atoms with Gasteiger partial charge in [-0.15, -0.1) is 0 Å². The van der Waals surface area contributed by atoms with E-state index in [0.717, 1.165) is 4.90 Å². The Kier molecular flexibility index (Phi) is 4.84. The summed E-state index contributed by atoms with van der Waals surface area (Å²) in [6.07, 6.45) is 2.94. The van der Waals surface area contributed by atoms with Crippen molar-refractivity contribution >= 4 is 17.7 Å². The number of carbonyl (C=O) groups excluding carboxylic acids is 3. The van der Waals surface area contributed by atoms with Crippen LogP contribution < -0.4 is 5.32 Å². The van der Waals surface area contributed by atoms with E-state index in [4.69, 9.17) is 5.11 Å². The highest BCUT2D eigenvalue weighted by atomic mass is 16.3. The van der Waals surface area contributed by atoms with Crippen LogP contribution in [-0.4, -0.2) is 46.9 Å². The highest BCUT2D eigenvalue weighted by Gasteiger charge is 2.23. The van der Waals surface area contributed by atoms with Gasteiger partial charge in [0.25, 0.3) is 11.8 Å². The molecule has 94 valence electrons. The molecule has 17 heavy (non-hydrogen) atoms. The maximum Gasteiger partial charge on any atom is 0.253 e. The minimum atomic E-state index is -0.383. The molecule has 0 aliphatic carbocycles. The molecular formula is C11H16N2O4. The van der Waals surface area contributed by atoms with Crippen LogP contribution >= 0.6 is 0 Å². The lowest BCUT2D eigenvalue weighted by atomic mass is 10.2. The van der Waals surface area contributed by atoms with Gasteiger partial charge in [0.2, 0.25) is 5.91 Å². The summed E-state index contributed by atoms with van der Waals surface area (Å²) < 4.78 is 0.